The SMILES string of the molecule is CC(=O)OCC1=C(C(=O)O)N2C(=O)[C@@H](NC(=O)CCCC(N)C(=O)O)C2SC1. The zero-order valence-electron chi connectivity index (χ0n) is 15.0. The summed E-state index contributed by atoms with van der Waals surface area (Å²) < 4.78 is 4.84. The number of nitrogens with zero attached hydrogens (tertiary/aromatic N) is 1. The number of carboxylic acids is 2. The lowest BCUT2D eigenvalue weighted by molar-refractivity contribution is -0.151. The third-order valence-electron chi connectivity index (χ3n) is 4.25. The average Bonchev–Trinajstić information content (AvgIpc) is 2.62. The summed E-state index contributed by atoms with van der Waals surface area (Å²) in [5.41, 5.74) is 5.44. The van der Waals surface area contributed by atoms with Crippen molar-refractivity contribution in [3.05, 3.63) is 11.3 Å². The van der Waals surface area contributed by atoms with E-state index in [2.05, 4.69) is 5.32 Å². The van der Waals surface area contributed by atoms with Crippen LogP contribution in [0.5, 0.6) is 0 Å². The van der Waals surface area contributed by atoms with Gasteiger partial charge in [-0.3, -0.25) is 24.1 Å². The Morgan fingerprint density at radius 3 is 2.61 bits per heavy atom. The van der Waals surface area contributed by atoms with Gasteiger partial charge in [-0.2, -0.15) is 0 Å². The zero-order valence-corrected chi connectivity index (χ0v) is 15.9. The van der Waals surface area contributed by atoms with Gasteiger partial charge in [0.05, 0.1) is 0 Å². The van der Waals surface area contributed by atoms with Crippen LogP contribution >= 0.6 is 11.8 Å². The maximum atomic E-state index is 12.4. The Hall–Kier alpha value is -2.60. The Kier molecular flexibility index (Phi) is 7.02. The van der Waals surface area contributed by atoms with E-state index < -0.39 is 47.2 Å². The van der Waals surface area contributed by atoms with Gasteiger partial charge in [0.15, 0.2) is 0 Å². The van der Waals surface area contributed by atoms with Crippen molar-refractivity contribution >= 4 is 41.5 Å². The number of rotatable bonds is 9. The standard InChI is InChI=1S/C16H21N3O8S/c1-7(20)27-5-8-6-28-14-11(13(22)19(14)12(8)16(25)26)18-10(21)4-2-3-9(17)15(23)24/h9,11,14H,2-6,17H2,1H3,(H,18,21)(H,23,24)(H,25,26)/t9?,11-,14?/m1/s1. The van der Waals surface area contributed by atoms with Gasteiger partial charge in [-0.15, -0.1) is 11.8 Å². The van der Waals surface area contributed by atoms with Crippen molar-refractivity contribution in [3.63, 3.8) is 0 Å². The molecule has 28 heavy (non-hydrogen) atoms. The number of carboxylic acid groups (broad SMARTS) is 2. The van der Waals surface area contributed by atoms with Crippen LogP contribution in [0.2, 0.25) is 0 Å². The summed E-state index contributed by atoms with van der Waals surface area (Å²) in [6.45, 7) is 0.977. The van der Waals surface area contributed by atoms with Gasteiger partial charge in [-0.25, -0.2) is 4.79 Å². The summed E-state index contributed by atoms with van der Waals surface area (Å²) >= 11 is 1.26. The molecule has 0 spiro atoms. The highest BCUT2D eigenvalue weighted by atomic mass is 32.2. The predicted octanol–water partition coefficient (Wildman–Crippen LogP) is -1.13. The van der Waals surface area contributed by atoms with Crippen LogP contribution in [0.25, 0.3) is 0 Å². The lowest BCUT2D eigenvalue weighted by atomic mass is 10.0. The van der Waals surface area contributed by atoms with Crippen LogP contribution in [0, 0.1) is 0 Å². The Morgan fingerprint density at radius 2 is 2.04 bits per heavy atom. The summed E-state index contributed by atoms with van der Waals surface area (Å²) in [4.78, 5) is 58.7. The van der Waals surface area contributed by atoms with Crippen LogP contribution in [0.1, 0.15) is 26.2 Å². The van der Waals surface area contributed by atoms with Crippen molar-refractivity contribution in [3.8, 4) is 0 Å². The third-order valence-corrected chi connectivity index (χ3v) is 5.59. The zero-order chi connectivity index (χ0) is 21.0. The van der Waals surface area contributed by atoms with Crippen LogP contribution < -0.4 is 11.1 Å². The van der Waals surface area contributed by atoms with Gasteiger partial charge in [0, 0.05) is 24.7 Å². The van der Waals surface area contributed by atoms with Crippen LogP contribution in [0.3, 0.4) is 0 Å². The van der Waals surface area contributed by atoms with Crippen LogP contribution in [-0.4, -0.2) is 74.7 Å². The number of hydrogen-bond donors (Lipinski definition) is 4. The predicted molar refractivity (Wildman–Crippen MR) is 95.8 cm³/mol. The van der Waals surface area contributed by atoms with E-state index in [-0.39, 0.29) is 37.3 Å². The number of hydrogen-bond acceptors (Lipinski definition) is 8. The Labute approximate surface area is 164 Å². The van der Waals surface area contributed by atoms with E-state index >= 15 is 0 Å². The molecule has 0 aromatic carbocycles. The smallest absolute Gasteiger partial charge is 0.352 e. The second-order valence-electron chi connectivity index (χ2n) is 6.33. The van der Waals surface area contributed by atoms with E-state index in [0.29, 0.717) is 5.57 Å². The Balaban J connectivity index is 1.96. The first-order chi connectivity index (χ1) is 13.1. The number of fused-ring (bicyclic) bond motifs is 1. The second kappa shape index (κ2) is 9.06. The number of amides is 2. The molecule has 11 nitrogen and oxygen atoms in total. The Bertz CT molecular complexity index is 737. The van der Waals surface area contributed by atoms with E-state index in [1.54, 1.807) is 0 Å². The molecule has 0 aromatic heterocycles. The van der Waals surface area contributed by atoms with Crippen LogP contribution in [0.4, 0.5) is 0 Å². The highest BCUT2D eigenvalue weighted by Crippen LogP contribution is 2.40. The maximum Gasteiger partial charge on any atom is 0.352 e. The molecule has 0 radical (unpaired) electrons. The number of nitrogens with two attached hydrogens (primary N) is 1. The van der Waals surface area contributed by atoms with Gasteiger partial charge in [-0.1, -0.05) is 0 Å². The van der Waals surface area contributed by atoms with Crippen molar-refractivity contribution in [1.82, 2.24) is 10.2 Å². The number of thioether (sulfide) groups is 1. The highest BCUT2D eigenvalue weighted by Gasteiger charge is 2.54. The second-order valence-corrected chi connectivity index (χ2v) is 7.43. The molecule has 0 aromatic rings. The third kappa shape index (κ3) is 4.81. The minimum atomic E-state index is -1.31. The molecule has 12 heteroatoms. The van der Waals surface area contributed by atoms with Crippen LogP contribution in [0.15, 0.2) is 11.3 Å². The Morgan fingerprint density at radius 1 is 1.36 bits per heavy atom. The van der Waals surface area contributed by atoms with E-state index in [9.17, 15) is 29.1 Å². The van der Waals surface area contributed by atoms with E-state index in [4.69, 9.17) is 15.6 Å². The summed E-state index contributed by atoms with van der Waals surface area (Å²) in [7, 11) is 0. The first kappa shape index (κ1) is 21.7. The number of ether oxygens (including phenoxy) is 1. The van der Waals surface area contributed by atoms with Crippen molar-refractivity contribution in [2.24, 2.45) is 5.73 Å². The number of carbonyl (C=O) groups is 5. The molecule has 2 rings (SSSR count). The van der Waals surface area contributed by atoms with Crippen molar-refractivity contribution in [1.29, 1.82) is 0 Å². The first-order valence-corrected chi connectivity index (χ1v) is 9.49. The fraction of sp³-hybridized carbons (Fsp3) is 0.562. The number of aliphatic carboxylic acids is 2. The van der Waals surface area contributed by atoms with E-state index in [1.807, 2.05) is 0 Å². The monoisotopic (exact) mass is 415 g/mol. The molecule has 2 aliphatic heterocycles. The summed E-state index contributed by atoms with van der Waals surface area (Å²) in [5, 5.41) is 20.1. The molecule has 2 heterocycles. The van der Waals surface area contributed by atoms with Gasteiger partial charge in [0.25, 0.3) is 5.91 Å². The molecule has 1 saturated heterocycles. The van der Waals surface area contributed by atoms with Gasteiger partial charge >= 0.3 is 17.9 Å². The van der Waals surface area contributed by atoms with Crippen molar-refractivity contribution in [2.75, 3.05) is 12.4 Å². The molecule has 3 atom stereocenters. The molecule has 0 saturated carbocycles. The summed E-state index contributed by atoms with van der Waals surface area (Å²) in [6.07, 6.45) is 0.368. The molecule has 0 aliphatic carbocycles. The average molecular weight is 415 g/mol. The molecule has 1 fully saturated rings. The topological polar surface area (TPSA) is 176 Å². The molecular formula is C16H21N3O8S. The maximum absolute atomic E-state index is 12.4. The highest BCUT2D eigenvalue weighted by molar-refractivity contribution is 8.00. The first-order valence-electron chi connectivity index (χ1n) is 8.44. The van der Waals surface area contributed by atoms with Gasteiger partial charge in [-0.05, 0) is 12.8 Å². The normalized spacial score (nSPS) is 22.1. The lowest BCUT2D eigenvalue weighted by Gasteiger charge is -2.49. The number of nitrogens with one attached hydrogen (secondary N) is 1. The quantitative estimate of drug-likeness (QED) is 0.266. The molecule has 5 N–H and O–H groups in total. The fourth-order valence-corrected chi connectivity index (χ4v) is 4.16. The summed E-state index contributed by atoms with van der Waals surface area (Å²) in [6, 6.07) is -1.92. The molecule has 2 unspecified atom stereocenters. The minimum absolute atomic E-state index is 0.00146. The molecule has 2 aliphatic rings. The number of esters is 1. The van der Waals surface area contributed by atoms with Crippen molar-refractivity contribution < 1.29 is 38.9 Å². The van der Waals surface area contributed by atoms with E-state index in [0.717, 1.165) is 4.90 Å². The van der Waals surface area contributed by atoms with Gasteiger partial charge in [0.2, 0.25) is 5.91 Å². The number of β-lactam (4-membered cyclic amide) rings is 1. The molecule has 2 amide bonds. The lowest BCUT2D eigenvalue weighted by Crippen LogP contribution is -2.70. The van der Waals surface area contributed by atoms with E-state index in [1.165, 1.54) is 18.7 Å². The van der Waals surface area contributed by atoms with Crippen molar-refractivity contribution in [2.45, 2.75) is 43.6 Å². The summed E-state index contributed by atoms with van der Waals surface area (Å²) in [5.74, 6) is -3.79. The molecule has 154 valence electrons. The molecule has 0 bridgehead atoms. The van der Waals surface area contributed by atoms with Gasteiger partial charge in [0.1, 0.15) is 29.8 Å². The number of carbonyl (C=O) groups excluding carboxylic acids is 3. The largest absolute Gasteiger partial charge is 0.480 e. The fourth-order valence-electron chi connectivity index (χ4n) is 2.83. The van der Waals surface area contributed by atoms with Crippen LogP contribution in [-0.2, 0) is 28.7 Å². The molecular weight excluding hydrogens is 394 g/mol. The minimum Gasteiger partial charge on any atom is -0.480 e. The van der Waals surface area contributed by atoms with Gasteiger partial charge < -0.3 is 26.0 Å².